The Bertz CT molecular complexity index is 3870. The number of benzene rings is 7. The lowest BCUT2D eigenvalue weighted by atomic mass is 10.0. The molecule has 6 heterocycles. The lowest BCUT2D eigenvalue weighted by molar-refractivity contribution is 0.668. The fraction of sp³-hybridized carbons (Fsp3) is 0. The Morgan fingerprint density at radius 1 is 0.349 bits per heavy atom. The molecular formula is C55H33N7O. The highest BCUT2D eigenvalue weighted by molar-refractivity contribution is 6.12. The molecule has 0 aliphatic carbocycles. The van der Waals surface area contributed by atoms with Gasteiger partial charge in [0.25, 0.3) is 0 Å². The van der Waals surface area contributed by atoms with Crippen LogP contribution in [0, 0.1) is 0 Å². The van der Waals surface area contributed by atoms with Crippen molar-refractivity contribution in [2.24, 2.45) is 0 Å². The molecular weight excluding hydrogens is 775 g/mol. The molecule has 0 N–H and O–H groups in total. The van der Waals surface area contributed by atoms with Crippen LogP contribution in [0.1, 0.15) is 0 Å². The lowest BCUT2D eigenvalue weighted by Gasteiger charge is -2.11. The van der Waals surface area contributed by atoms with Gasteiger partial charge in [-0.1, -0.05) is 121 Å². The summed E-state index contributed by atoms with van der Waals surface area (Å²) in [6, 6.07) is 65.0. The normalized spacial score (nSPS) is 11.8. The summed E-state index contributed by atoms with van der Waals surface area (Å²) in [6.07, 6.45) is 3.64. The summed E-state index contributed by atoms with van der Waals surface area (Å²) in [5.74, 6) is 1.78. The fourth-order valence-electron chi connectivity index (χ4n) is 9.16. The highest BCUT2D eigenvalue weighted by atomic mass is 16.3. The Morgan fingerprint density at radius 3 is 1.70 bits per heavy atom. The number of fused-ring (bicyclic) bond motifs is 9. The second-order valence-electron chi connectivity index (χ2n) is 15.7. The van der Waals surface area contributed by atoms with Crippen molar-refractivity contribution in [1.82, 2.24) is 34.1 Å². The van der Waals surface area contributed by atoms with E-state index in [9.17, 15) is 0 Å². The molecule has 13 rings (SSSR count). The average molecular weight is 808 g/mol. The summed E-state index contributed by atoms with van der Waals surface area (Å²) in [5.41, 5.74) is 12.6. The smallest absolute Gasteiger partial charge is 0.238 e. The molecule has 0 fully saturated rings. The third-order valence-corrected chi connectivity index (χ3v) is 12.1. The van der Waals surface area contributed by atoms with Gasteiger partial charge in [0.1, 0.15) is 11.2 Å². The second-order valence-corrected chi connectivity index (χ2v) is 15.7. The highest BCUT2D eigenvalue weighted by Gasteiger charge is 2.20. The molecule has 0 aliphatic heterocycles. The molecule has 7 aromatic carbocycles. The van der Waals surface area contributed by atoms with Gasteiger partial charge in [0, 0.05) is 72.7 Å². The van der Waals surface area contributed by atoms with E-state index in [2.05, 4.69) is 135 Å². The van der Waals surface area contributed by atoms with Crippen LogP contribution in [0.2, 0.25) is 0 Å². The monoisotopic (exact) mass is 807 g/mol. The van der Waals surface area contributed by atoms with E-state index in [-0.39, 0.29) is 0 Å². The second kappa shape index (κ2) is 13.9. The molecule has 13 aromatic rings. The van der Waals surface area contributed by atoms with Crippen LogP contribution in [0.25, 0.3) is 122 Å². The van der Waals surface area contributed by atoms with Gasteiger partial charge in [-0.2, -0.15) is 9.97 Å². The predicted molar refractivity (Wildman–Crippen MR) is 253 cm³/mol. The van der Waals surface area contributed by atoms with Gasteiger partial charge in [0.05, 0.1) is 33.5 Å². The average Bonchev–Trinajstić information content (AvgIpc) is 4.01. The molecule has 8 heteroatoms. The molecule has 294 valence electrons. The number of rotatable bonds is 6. The van der Waals surface area contributed by atoms with Crippen LogP contribution < -0.4 is 0 Å². The first-order valence-corrected chi connectivity index (χ1v) is 20.9. The molecule has 0 saturated heterocycles. The largest absolute Gasteiger partial charge is 0.456 e. The van der Waals surface area contributed by atoms with Gasteiger partial charge in [0.2, 0.25) is 5.95 Å². The number of aromatic nitrogens is 7. The van der Waals surface area contributed by atoms with Gasteiger partial charge >= 0.3 is 0 Å². The molecule has 8 nitrogen and oxygen atoms in total. The van der Waals surface area contributed by atoms with Crippen molar-refractivity contribution >= 4 is 65.6 Å². The maximum absolute atomic E-state index is 6.14. The quantitative estimate of drug-likeness (QED) is 0.166. The van der Waals surface area contributed by atoms with Crippen LogP contribution in [0.15, 0.2) is 205 Å². The van der Waals surface area contributed by atoms with Crippen molar-refractivity contribution in [2.45, 2.75) is 0 Å². The van der Waals surface area contributed by atoms with Gasteiger partial charge in [-0.3, -0.25) is 9.55 Å². The minimum absolute atomic E-state index is 0.551. The molecule has 0 saturated carbocycles. The Morgan fingerprint density at radius 2 is 0.952 bits per heavy atom. The summed E-state index contributed by atoms with van der Waals surface area (Å²) < 4.78 is 10.6. The highest BCUT2D eigenvalue weighted by Crippen LogP contribution is 2.39. The predicted octanol–water partition coefficient (Wildman–Crippen LogP) is 13.4. The van der Waals surface area contributed by atoms with Gasteiger partial charge in [-0.25, -0.2) is 9.97 Å². The molecule has 6 aromatic heterocycles. The Kier molecular flexibility index (Phi) is 7.74. The topological polar surface area (TPSA) is 87.5 Å². The first-order valence-electron chi connectivity index (χ1n) is 20.9. The molecule has 0 spiro atoms. The minimum Gasteiger partial charge on any atom is -0.456 e. The summed E-state index contributed by atoms with van der Waals surface area (Å²) in [4.78, 5) is 24.9. The standard InChI is InChI=1S/C55H33N7O/c1-3-12-34(13-4-1)53-58-54(35-14-5-2-6-15-35)60-55(59-53)62-48-21-10-7-16-39(48)41-25-22-37(31-50(41)62)46-19-11-18-45(57-46)36-23-26-49-42(30-36)40-17-8-9-20-47(40)61(49)38-24-27-51-43(32-38)44-33-56-29-28-52(44)63-51/h1-33H. The van der Waals surface area contributed by atoms with E-state index in [1.54, 1.807) is 6.20 Å². The van der Waals surface area contributed by atoms with Crippen molar-refractivity contribution in [3.8, 4) is 56.9 Å². The van der Waals surface area contributed by atoms with Gasteiger partial charge in [-0.15, -0.1) is 0 Å². The van der Waals surface area contributed by atoms with Crippen molar-refractivity contribution < 1.29 is 4.42 Å². The Hall–Kier alpha value is -8.75. The number of hydrogen-bond donors (Lipinski definition) is 0. The molecule has 0 radical (unpaired) electrons. The van der Waals surface area contributed by atoms with Crippen LogP contribution >= 0.6 is 0 Å². The SMILES string of the molecule is c1ccc(-c2nc(-c3ccccc3)nc(-n3c4ccccc4c4ccc(-c5cccc(-c6ccc7c(c6)c6ccccc6n7-c6ccc7oc8ccncc8c7c6)n5)cc43)n2)cc1. The van der Waals surface area contributed by atoms with E-state index in [1.165, 1.54) is 5.39 Å². The van der Waals surface area contributed by atoms with Crippen LogP contribution in [0.3, 0.4) is 0 Å². The summed E-state index contributed by atoms with van der Waals surface area (Å²) in [5, 5.41) is 6.59. The minimum atomic E-state index is 0.551. The van der Waals surface area contributed by atoms with E-state index < -0.39 is 0 Å². The fourth-order valence-corrected chi connectivity index (χ4v) is 9.16. The molecule has 0 amide bonds. The molecule has 0 unspecified atom stereocenters. The zero-order chi connectivity index (χ0) is 41.4. The van der Waals surface area contributed by atoms with Gasteiger partial charge in [-0.05, 0) is 66.7 Å². The van der Waals surface area contributed by atoms with Crippen LogP contribution in [-0.4, -0.2) is 34.1 Å². The Balaban J connectivity index is 0.942. The van der Waals surface area contributed by atoms with Crippen molar-refractivity contribution in [2.75, 3.05) is 0 Å². The summed E-state index contributed by atoms with van der Waals surface area (Å²) in [6.45, 7) is 0. The number of pyridine rings is 2. The first kappa shape index (κ1) is 35.0. The number of para-hydroxylation sites is 2. The molecule has 0 bridgehead atoms. The summed E-state index contributed by atoms with van der Waals surface area (Å²) in [7, 11) is 0. The molecule has 63 heavy (non-hydrogen) atoms. The van der Waals surface area contributed by atoms with Crippen molar-refractivity contribution in [1.29, 1.82) is 0 Å². The van der Waals surface area contributed by atoms with Crippen LogP contribution in [0.5, 0.6) is 0 Å². The maximum atomic E-state index is 6.14. The van der Waals surface area contributed by atoms with E-state index in [4.69, 9.17) is 24.4 Å². The third-order valence-electron chi connectivity index (χ3n) is 12.1. The number of furan rings is 1. The third kappa shape index (κ3) is 5.66. The van der Waals surface area contributed by atoms with E-state index in [0.29, 0.717) is 17.6 Å². The lowest BCUT2D eigenvalue weighted by Crippen LogP contribution is -2.06. The van der Waals surface area contributed by atoms with E-state index >= 15 is 0 Å². The number of hydrogen-bond acceptors (Lipinski definition) is 6. The number of nitrogens with zero attached hydrogens (tertiary/aromatic N) is 7. The van der Waals surface area contributed by atoms with Gasteiger partial charge in [0.15, 0.2) is 11.6 Å². The Labute approximate surface area is 360 Å². The maximum Gasteiger partial charge on any atom is 0.238 e. The van der Waals surface area contributed by atoms with Gasteiger partial charge < -0.3 is 8.98 Å². The molecule has 0 atom stereocenters. The zero-order valence-corrected chi connectivity index (χ0v) is 33.6. The van der Waals surface area contributed by atoms with Crippen molar-refractivity contribution in [3.05, 3.63) is 200 Å². The molecule has 0 aliphatic rings. The zero-order valence-electron chi connectivity index (χ0n) is 33.6. The van der Waals surface area contributed by atoms with E-state index in [1.807, 2.05) is 72.9 Å². The van der Waals surface area contributed by atoms with Crippen LogP contribution in [-0.2, 0) is 0 Å². The first-order chi connectivity index (χ1) is 31.2. The van der Waals surface area contributed by atoms with Crippen molar-refractivity contribution in [3.63, 3.8) is 0 Å². The van der Waals surface area contributed by atoms with Crippen LogP contribution in [0.4, 0.5) is 0 Å². The van der Waals surface area contributed by atoms with E-state index in [0.717, 1.165) is 99.5 Å². The summed E-state index contributed by atoms with van der Waals surface area (Å²) >= 11 is 0.